The maximum Gasteiger partial charge on any atom is 0.255 e. The van der Waals surface area contributed by atoms with Gasteiger partial charge in [0.15, 0.2) is 0 Å². The Hall–Kier alpha value is -3.41. The third-order valence-corrected chi connectivity index (χ3v) is 6.19. The van der Waals surface area contributed by atoms with E-state index >= 15 is 0 Å². The summed E-state index contributed by atoms with van der Waals surface area (Å²) in [5.41, 5.74) is 1.59. The van der Waals surface area contributed by atoms with Crippen molar-refractivity contribution >= 4 is 29.1 Å². The molecule has 0 spiro atoms. The summed E-state index contributed by atoms with van der Waals surface area (Å²) < 4.78 is 5.16. The van der Waals surface area contributed by atoms with Crippen LogP contribution in [0.2, 0.25) is 0 Å². The average molecular weight is 388 g/mol. The number of hydrogen-bond donors (Lipinski definition) is 1. The van der Waals surface area contributed by atoms with Gasteiger partial charge in [-0.25, -0.2) is 0 Å². The van der Waals surface area contributed by atoms with Gasteiger partial charge in [-0.05, 0) is 54.7 Å². The second-order valence-electron chi connectivity index (χ2n) is 7.74. The molecule has 6 heteroatoms. The zero-order valence-corrected chi connectivity index (χ0v) is 15.9. The van der Waals surface area contributed by atoms with Crippen molar-refractivity contribution in [2.75, 3.05) is 17.3 Å². The Morgan fingerprint density at radius 3 is 2.28 bits per heavy atom. The van der Waals surface area contributed by atoms with Crippen molar-refractivity contribution in [2.24, 2.45) is 23.7 Å². The first-order chi connectivity index (χ1) is 14.1. The van der Waals surface area contributed by atoms with Crippen LogP contribution in [0.4, 0.5) is 11.4 Å². The predicted molar refractivity (Wildman–Crippen MR) is 108 cm³/mol. The lowest BCUT2D eigenvalue weighted by Crippen LogP contribution is -2.32. The number of methoxy groups -OCH3 is 1. The maximum absolute atomic E-state index is 12.9. The SMILES string of the molecule is COc1cccc(NC(=O)c2ccc(N3C(=O)[C@@H]4[C@H](C3=O)[C@@H]3C=C[C@H]4C3)cc2)c1. The zero-order chi connectivity index (χ0) is 20.1. The van der Waals surface area contributed by atoms with Gasteiger partial charge in [-0.3, -0.25) is 19.3 Å². The average Bonchev–Trinajstić information content (AvgIpc) is 3.42. The van der Waals surface area contributed by atoms with Gasteiger partial charge in [0.05, 0.1) is 24.6 Å². The number of hydrogen-bond acceptors (Lipinski definition) is 4. The fourth-order valence-corrected chi connectivity index (χ4v) is 4.82. The Kier molecular flexibility index (Phi) is 4.01. The molecule has 146 valence electrons. The number of nitrogens with zero attached hydrogens (tertiary/aromatic N) is 1. The predicted octanol–water partition coefficient (Wildman–Crippen LogP) is 3.26. The summed E-state index contributed by atoms with van der Waals surface area (Å²) in [6.07, 6.45) is 5.06. The molecule has 1 saturated heterocycles. The highest BCUT2D eigenvalue weighted by Crippen LogP contribution is 2.53. The van der Waals surface area contributed by atoms with Crippen LogP contribution in [0.25, 0.3) is 0 Å². The molecule has 3 amide bonds. The van der Waals surface area contributed by atoms with Crippen molar-refractivity contribution in [3.63, 3.8) is 0 Å². The Labute approximate surface area is 168 Å². The Morgan fingerprint density at radius 1 is 1.00 bits per heavy atom. The summed E-state index contributed by atoms with van der Waals surface area (Å²) >= 11 is 0. The van der Waals surface area contributed by atoms with E-state index in [1.807, 2.05) is 0 Å². The molecule has 5 rings (SSSR count). The van der Waals surface area contributed by atoms with Gasteiger partial charge in [0, 0.05) is 17.3 Å². The van der Waals surface area contributed by atoms with Crippen LogP contribution < -0.4 is 15.0 Å². The van der Waals surface area contributed by atoms with E-state index in [0.29, 0.717) is 22.7 Å². The number of rotatable bonds is 4. The molecule has 0 aromatic heterocycles. The van der Waals surface area contributed by atoms with E-state index in [9.17, 15) is 14.4 Å². The largest absolute Gasteiger partial charge is 0.497 e. The van der Waals surface area contributed by atoms with Crippen molar-refractivity contribution in [3.8, 4) is 5.75 Å². The highest BCUT2D eigenvalue weighted by atomic mass is 16.5. The minimum atomic E-state index is -0.275. The molecule has 0 radical (unpaired) electrons. The summed E-state index contributed by atoms with van der Waals surface area (Å²) in [6.45, 7) is 0. The number of imide groups is 1. The van der Waals surface area contributed by atoms with Gasteiger partial charge in [-0.1, -0.05) is 18.2 Å². The molecule has 2 aromatic carbocycles. The van der Waals surface area contributed by atoms with Crippen LogP contribution in [0.15, 0.2) is 60.7 Å². The van der Waals surface area contributed by atoms with Gasteiger partial charge >= 0.3 is 0 Å². The van der Waals surface area contributed by atoms with E-state index in [0.717, 1.165) is 6.42 Å². The second kappa shape index (κ2) is 6.58. The number of amides is 3. The normalized spacial score (nSPS) is 26.7. The van der Waals surface area contributed by atoms with Crippen LogP contribution in [0.5, 0.6) is 5.75 Å². The standard InChI is InChI=1S/C23H20N2O4/c1-29-18-4-2-3-16(12-18)24-21(26)13-7-9-17(10-8-13)25-22(27)19-14-5-6-15(11-14)20(19)23(25)28/h2-10,12,14-15,19-20H,11H2,1H3,(H,24,26)/t14-,15+,19-,20+. The van der Waals surface area contributed by atoms with Crippen LogP contribution in [0.1, 0.15) is 16.8 Å². The first kappa shape index (κ1) is 17.7. The van der Waals surface area contributed by atoms with Crippen LogP contribution in [-0.4, -0.2) is 24.8 Å². The second-order valence-corrected chi connectivity index (χ2v) is 7.74. The van der Waals surface area contributed by atoms with Gasteiger partial charge in [0.2, 0.25) is 11.8 Å². The molecular weight excluding hydrogens is 368 g/mol. The summed E-state index contributed by atoms with van der Waals surface area (Å²) in [7, 11) is 1.57. The molecule has 2 aliphatic carbocycles. The molecular formula is C23H20N2O4. The molecule has 3 aliphatic rings. The van der Waals surface area contributed by atoms with Crippen LogP contribution in [0.3, 0.4) is 0 Å². The number of ether oxygens (including phenoxy) is 1. The smallest absolute Gasteiger partial charge is 0.255 e. The van der Waals surface area contributed by atoms with Crippen LogP contribution in [0, 0.1) is 23.7 Å². The number of fused-ring (bicyclic) bond motifs is 5. The highest BCUT2D eigenvalue weighted by molar-refractivity contribution is 6.23. The summed E-state index contributed by atoms with van der Waals surface area (Å²) in [5, 5.41) is 2.82. The first-order valence-corrected chi connectivity index (χ1v) is 9.68. The van der Waals surface area contributed by atoms with E-state index in [1.165, 1.54) is 4.90 Å². The van der Waals surface area contributed by atoms with Crippen molar-refractivity contribution in [1.29, 1.82) is 0 Å². The lowest BCUT2D eigenvalue weighted by atomic mass is 9.85. The summed E-state index contributed by atoms with van der Waals surface area (Å²) in [5.74, 6) is 0.0397. The topological polar surface area (TPSA) is 75.7 Å². The van der Waals surface area contributed by atoms with Gasteiger partial charge in [-0.2, -0.15) is 0 Å². The molecule has 2 fully saturated rings. The molecule has 1 N–H and O–H groups in total. The maximum atomic E-state index is 12.9. The molecule has 4 atom stereocenters. The third-order valence-electron chi connectivity index (χ3n) is 6.19. The molecule has 29 heavy (non-hydrogen) atoms. The molecule has 2 aromatic rings. The van der Waals surface area contributed by atoms with Gasteiger partial charge < -0.3 is 10.1 Å². The zero-order valence-electron chi connectivity index (χ0n) is 15.9. The minimum Gasteiger partial charge on any atom is -0.497 e. The molecule has 1 aliphatic heterocycles. The van der Waals surface area contributed by atoms with Crippen LogP contribution in [-0.2, 0) is 9.59 Å². The molecule has 6 nitrogen and oxygen atoms in total. The first-order valence-electron chi connectivity index (χ1n) is 9.68. The van der Waals surface area contributed by atoms with Gasteiger partial charge in [-0.15, -0.1) is 0 Å². The number of allylic oxidation sites excluding steroid dienone is 2. The highest BCUT2D eigenvalue weighted by Gasteiger charge is 2.59. The van der Waals surface area contributed by atoms with Crippen molar-refractivity contribution in [1.82, 2.24) is 0 Å². The summed E-state index contributed by atoms with van der Waals surface area (Å²) in [6, 6.07) is 13.7. The fourth-order valence-electron chi connectivity index (χ4n) is 4.82. The number of nitrogens with one attached hydrogen (secondary N) is 1. The number of carbonyl (C=O) groups is 3. The molecule has 1 heterocycles. The van der Waals surface area contributed by atoms with E-state index in [2.05, 4.69) is 17.5 Å². The quantitative estimate of drug-likeness (QED) is 0.644. The van der Waals surface area contributed by atoms with Crippen molar-refractivity contribution in [2.45, 2.75) is 6.42 Å². The Morgan fingerprint density at radius 2 is 1.66 bits per heavy atom. The monoisotopic (exact) mass is 388 g/mol. The minimum absolute atomic E-state index is 0.120. The van der Waals surface area contributed by atoms with Crippen molar-refractivity contribution in [3.05, 3.63) is 66.2 Å². The fraction of sp³-hybridized carbons (Fsp3) is 0.261. The number of anilines is 2. The van der Waals surface area contributed by atoms with E-state index in [1.54, 1.807) is 55.6 Å². The van der Waals surface area contributed by atoms with E-state index < -0.39 is 0 Å². The van der Waals surface area contributed by atoms with E-state index in [-0.39, 0.29) is 41.4 Å². The number of benzene rings is 2. The van der Waals surface area contributed by atoms with E-state index in [4.69, 9.17) is 4.74 Å². The summed E-state index contributed by atoms with van der Waals surface area (Å²) in [4.78, 5) is 39.6. The molecule has 0 unspecified atom stereocenters. The lowest BCUT2D eigenvalue weighted by Gasteiger charge is -2.17. The van der Waals surface area contributed by atoms with Crippen LogP contribution >= 0.6 is 0 Å². The molecule has 2 bridgehead atoms. The Balaban J connectivity index is 1.33. The molecule has 1 saturated carbocycles. The van der Waals surface area contributed by atoms with Gasteiger partial charge in [0.25, 0.3) is 5.91 Å². The Bertz CT molecular complexity index is 1010. The number of carbonyl (C=O) groups excluding carboxylic acids is 3. The van der Waals surface area contributed by atoms with Gasteiger partial charge in [0.1, 0.15) is 5.75 Å². The lowest BCUT2D eigenvalue weighted by molar-refractivity contribution is -0.123. The van der Waals surface area contributed by atoms with Crippen molar-refractivity contribution < 1.29 is 19.1 Å². The third kappa shape index (κ3) is 2.75.